The van der Waals surface area contributed by atoms with E-state index < -0.39 is 12.6 Å². The molecule has 0 aliphatic heterocycles. The van der Waals surface area contributed by atoms with Crippen molar-refractivity contribution in [3.05, 3.63) is 69.6 Å². The van der Waals surface area contributed by atoms with E-state index in [0.717, 1.165) is 31.2 Å². The second kappa shape index (κ2) is 10.2. The topological polar surface area (TPSA) is 77.4 Å². The molecule has 1 amide bonds. The fourth-order valence-electron chi connectivity index (χ4n) is 4.51. The number of rotatable bonds is 5. The number of esters is 1. The van der Waals surface area contributed by atoms with Gasteiger partial charge in [-0.1, -0.05) is 67.6 Å². The summed E-state index contributed by atoms with van der Waals surface area (Å²) in [5.41, 5.74) is 1.08. The summed E-state index contributed by atoms with van der Waals surface area (Å²) in [5.74, 6) is -1.05. The van der Waals surface area contributed by atoms with Crippen LogP contribution < -0.4 is 10.9 Å². The van der Waals surface area contributed by atoms with E-state index in [1.54, 1.807) is 42.5 Å². The number of nitrogens with one attached hydrogen (secondary N) is 1. The Labute approximate surface area is 197 Å². The Bertz CT molecular complexity index is 1230. The van der Waals surface area contributed by atoms with E-state index in [1.165, 1.54) is 24.5 Å². The van der Waals surface area contributed by atoms with Crippen LogP contribution in [0.2, 0.25) is 5.02 Å². The molecule has 0 radical (unpaired) electrons. The number of amides is 1. The number of hydrogen-bond donors (Lipinski definition) is 1. The molecule has 3 aromatic rings. The average Bonchev–Trinajstić information content (AvgIpc) is 3.09. The molecule has 33 heavy (non-hydrogen) atoms. The van der Waals surface area contributed by atoms with Crippen LogP contribution in [-0.2, 0) is 16.6 Å². The highest BCUT2D eigenvalue weighted by molar-refractivity contribution is 6.30. The monoisotopic (exact) mass is 466 g/mol. The van der Waals surface area contributed by atoms with E-state index in [4.69, 9.17) is 16.3 Å². The second-order valence-electron chi connectivity index (χ2n) is 8.47. The minimum atomic E-state index is -0.721. The van der Waals surface area contributed by atoms with Gasteiger partial charge in [0.1, 0.15) is 5.69 Å². The fourth-order valence-corrected chi connectivity index (χ4v) is 4.63. The molecule has 7 heteroatoms. The van der Waals surface area contributed by atoms with Crippen LogP contribution in [-0.4, -0.2) is 29.1 Å². The summed E-state index contributed by atoms with van der Waals surface area (Å²) in [7, 11) is 1.54. The largest absolute Gasteiger partial charge is 0.451 e. The van der Waals surface area contributed by atoms with Gasteiger partial charge in [0.15, 0.2) is 6.61 Å². The zero-order valence-electron chi connectivity index (χ0n) is 18.6. The molecule has 2 aromatic carbocycles. The van der Waals surface area contributed by atoms with Gasteiger partial charge in [-0.3, -0.25) is 9.59 Å². The molecule has 172 valence electrons. The van der Waals surface area contributed by atoms with Gasteiger partial charge in [0.05, 0.1) is 0 Å². The number of ether oxygens (including phenoxy) is 1. The van der Waals surface area contributed by atoms with Gasteiger partial charge in [-0.05, 0) is 42.0 Å². The predicted octanol–water partition coefficient (Wildman–Crippen LogP) is 4.85. The zero-order chi connectivity index (χ0) is 23.4. The van der Waals surface area contributed by atoms with Crippen LogP contribution >= 0.6 is 11.6 Å². The summed E-state index contributed by atoms with van der Waals surface area (Å²) in [6.45, 7) is -0.392. The molecular formula is C26H27ClN2O4. The Balaban J connectivity index is 1.65. The smallest absolute Gasteiger partial charge is 0.356 e. The highest BCUT2D eigenvalue weighted by atomic mass is 35.5. The Morgan fingerprint density at radius 3 is 2.30 bits per heavy atom. The summed E-state index contributed by atoms with van der Waals surface area (Å²) < 4.78 is 6.69. The van der Waals surface area contributed by atoms with Gasteiger partial charge in [0.25, 0.3) is 11.5 Å². The number of aromatic nitrogens is 1. The third-order valence-corrected chi connectivity index (χ3v) is 6.44. The molecule has 0 saturated heterocycles. The number of benzene rings is 2. The van der Waals surface area contributed by atoms with Crippen LogP contribution in [0.1, 0.15) is 49.0 Å². The second-order valence-corrected chi connectivity index (χ2v) is 8.91. The van der Waals surface area contributed by atoms with E-state index in [9.17, 15) is 14.4 Å². The number of hydrogen-bond acceptors (Lipinski definition) is 4. The SMILES string of the molecule is Cn1c(C(=O)OCC(=O)NC2CCCCCC2)c(-c2ccc(Cl)cc2)c2ccccc2c1=O. The molecule has 0 unspecified atom stereocenters. The van der Waals surface area contributed by atoms with E-state index in [0.29, 0.717) is 21.4 Å². The minimum absolute atomic E-state index is 0.100. The maximum absolute atomic E-state index is 13.2. The van der Waals surface area contributed by atoms with Crippen LogP contribution in [0.5, 0.6) is 0 Å². The Morgan fingerprint density at radius 2 is 1.64 bits per heavy atom. The summed E-state index contributed by atoms with van der Waals surface area (Å²) in [6.07, 6.45) is 6.44. The molecule has 0 bridgehead atoms. The molecule has 1 fully saturated rings. The highest BCUT2D eigenvalue weighted by Gasteiger charge is 2.24. The quantitative estimate of drug-likeness (QED) is 0.430. The number of halogens is 1. The van der Waals surface area contributed by atoms with Crippen molar-refractivity contribution < 1.29 is 14.3 Å². The van der Waals surface area contributed by atoms with Crippen molar-refractivity contribution in [1.82, 2.24) is 9.88 Å². The van der Waals surface area contributed by atoms with Crippen molar-refractivity contribution in [3.63, 3.8) is 0 Å². The third-order valence-electron chi connectivity index (χ3n) is 6.18. The average molecular weight is 467 g/mol. The van der Waals surface area contributed by atoms with Gasteiger partial charge in [-0.15, -0.1) is 0 Å². The standard InChI is InChI=1S/C26H27ClN2O4/c1-29-24(26(32)33-16-22(30)28-19-8-4-2-3-5-9-19)23(17-12-14-18(27)15-13-17)20-10-6-7-11-21(20)25(29)31/h6-7,10-15,19H,2-5,8-9,16H2,1H3,(H,28,30). The van der Waals surface area contributed by atoms with Crippen LogP contribution in [0, 0.1) is 0 Å². The summed E-state index contributed by atoms with van der Waals surface area (Å²) in [4.78, 5) is 38.6. The highest BCUT2D eigenvalue weighted by Crippen LogP contribution is 2.31. The van der Waals surface area contributed by atoms with Crippen LogP contribution in [0.15, 0.2) is 53.3 Å². The first-order chi connectivity index (χ1) is 16.0. The van der Waals surface area contributed by atoms with Crippen LogP contribution in [0.3, 0.4) is 0 Å². The minimum Gasteiger partial charge on any atom is -0.451 e. The van der Waals surface area contributed by atoms with Crippen molar-refractivity contribution in [2.45, 2.75) is 44.6 Å². The lowest BCUT2D eigenvalue weighted by atomic mass is 9.97. The summed E-state index contributed by atoms with van der Waals surface area (Å²) in [6, 6.07) is 14.3. The molecule has 1 N–H and O–H groups in total. The fraction of sp³-hybridized carbons (Fsp3) is 0.346. The lowest BCUT2D eigenvalue weighted by Crippen LogP contribution is -2.37. The Kier molecular flexibility index (Phi) is 7.14. The molecule has 1 heterocycles. The van der Waals surface area contributed by atoms with Crippen molar-refractivity contribution in [1.29, 1.82) is 0 Å². The zero-order valence-corrected chi connectivity index (χ0v) is 19.4. The number of carbonyl (C=O) groups excluding carboxylic acids is 2. The van der Waals surface area contributed by atoms with Gasteiger partial charge >= 0.3 is 5.97 Å². The first kappa shape index (κ1) is 23.1. The van der Waals surface area contributed by atoms with E-state index >= 15 is 0 Å². The van der Waals surface area contributed by atoms with Gasteiger partial charge in [-0.25, -0.2) is 4.79 Å². The summed E-state index contributed by atoms with van der Waals surface area (Å²) in [5, 5.41) is 4.67. The molecule has 6 nitrogen and oxygen atoms in total. The normalized spacial score (nSPS) is 14.6. The first-order valence-electron chi connectivity index (χ1n) is 11.3. The lowest BCUT2D eigenvalue weighted by molar-refractivity contribution is -0.125. The molecular weight excluding hydrogens is 440 g/mol. The molecule has 4 rings (SSSR count). The number of carbonyl (C=O) groups is 2. The maximum atomic E-state index is 13.2. The number of fused-ring (bicyclic) bond motifs is 1. The van der Waals surface area contributed by atoms with Crippen molar-refractivity contribution in [2.24, 2.45) is 7.05 Å². The van der Waals surface area contributed by atoms with Gasteiger partial charge in [0, 0.05) is 29.1 Å². The number of pyridine rings is 1. The van der Waals surface area contributed by atoms with Gasteiger partial charge in [0.2, 0.25) is 0 Å². The van der Waals surface area contributed by atoms with Crippen LogP contribution in [0.25, 0.3) is 21.9 Å². The molecule has 1 aliphatic carbocycles. The molecule has 0 spiro atoms. The molecule has 1 aliphatic rings. The van der Waals surface area contributed by atoms with Crippen molar-refractivity contribution >= 4 is 34.2 Å². The van der Waals surface area contributed by atoms with Crippen LogP contribution in [0.4, 0.5) is 0 Å². The molecule has 0 atom stereocenters. The van der Waals surface area contributed by atoms with Gasteiger partial charge in [-0.2, -0.15) is 0 Å². The molecule has 1 saturated carbocycles. The summed E-state index contributed by atoms with van der Waals surface area (Å²) >= 11 is 6.06. The van der Waals surface area contributed by atoms with Crippen molar-refractivity contribution in [2.75, 3.05) is 6.61 Å². The first-order valence-corrected chi connectivity index (χ1v) is 11.7. The molecule has 1 aromatic heterocycles. The van der Waals surface area contributed by atoms with Crippen molar-refractivity contribution in [3.8, 4) is 11.1 Å². The van der Waals surface area contributed by atoms with E-state index in [2.05, 4.69) is 5.32 Å². The lowest BCUT2D eigenvalue weighted by Gasteiger charge is -2.18. The third kappa shape index (κ3) is 5.11. The maximum Gasteiger partial charge on any atom is 0.356 e. The predicted molar refractivity (Wildman–Crippen MR) is 130 cm³/mol. The Morgan fingerprint density at radius 1 is 1.00 bits per heavy atom. The Hall–Kier alpha value is -3.12. The van der Waals surface area contributed by atoms with E-state index in [-0.39, 0.29) is 23.2 Å². The number of nitrogens with zero attached hydrogens (tertiary/aromatic N) is 1. The van der Waals surface area contributed by atoms with E-state index in [1.807, 2.05) is 6.07 Å². The van der Waals surface area contributed by atoms with Gasteiger partial charge < -0.3 is 14.6 Å².